The summed E-state index contributed by atoms with van der Waals surface area (Å²) in [6.45, 7) is 4.64. The van der Waals surface area contributed by atoms with Crippen molar-refractivity contribution in [3.05, 3.63) is 30.1 Å². The van der Waals surface area contributed by atoms with Crippen LogP contribution in [0.1, 0.15) is 51.1 Å². The first kappa shape index (κ1) is 24.9. The molecule has 6 rings (SSSR count). The van der Waals surface area contributed by atoms with Crippen LogP contribution >= 0.6 is 0 Å². The van der Waals surface area contributed by atoms with E-state index in [0.717, 1.165) is 73.5 Å². The van der Waals surface area contributed by atoms with Crippen LogP contribution < -0.4 is 15.0 Å². The summed E-state index contributed by atoms with van der Waals surface area (Å²) in [5, 5.41) is 8.77. The number of ether oxygens (including phenoxy) is 4. The standard InChI is InChI=1S/C27H34N6O5/c1-17-8-10-28-27(34)37-16-23-29-21(14-24(30-23)32-11-9-19(15-32)35-2)26-20-13-18(38-17)6-7-22(20)33(31-26)25-5-3-4-12-36-25/h6-7,13-14,17,19,25H,3-5,8-12,15-16H2,1-2H3,(H,28,34)/t17-,19-,25?/m1/s1. The van der Waals surface area contributed by atoms with Gasteiger partial charge in [-0.25, -0.2) is 19.4 Å². The van der Waals surface area contributed by atoms with Crippen LogP contribution in [0, 0.1) is 0 Å². The molecule has 38 heavy (non-hydrogen) atoms. The minimum Gasteiger partial charge on any atom is -0.491 e. The number of carbonyl (C=O) groups is 1. The Morgan fingerprint density at radius 1 is 1.13 bits per heavy atom. The third-order valence-corrected chi connectivity index (χ3v) is 7.40. The van der Waals surface area contributed by atoms with Crippen LogP contribution in [0.5, 0.6) is 5.75 Å². The zero-order valence-electron chi connectivity index (χ0n) is 21.9. The van der Waals surface area contributed by atoms with Gasteiger partial charge in [-0.05, 0) is 50.8 Å². The molecule has 202 valence electrons. The number of hydrogen-bond acceptors (Lipinski definition) is 9. The van der Waals surface area contributed by atoms with Gasteiger partial charge in [0.2, 0.25) is 0 Å². The van der Waals surface area contributed by atoms with E-state index in [-0.39, 0.29) is 25.0 Å². The van der Waals surface area contributed by atoms with Gasteiger partial charge in [-0.15, -0.1) is 0 Å². The molecule has 2 aromatic heterocycles. The number of nitrogens with one attached hydrogen (secondary N) is 1. The van der Waals surface area contributed by atoms with E-state index in [2.05, 4.69) is 10.2 Å². The number of benzene rings is 1. The van der Waals surface area contributed by atoms with Crippen molar-refractivity contribution in [2.45, 2.75) is 64.1 Å². The average molecular weight is 523 g/mol. The number of carbonyl (C=O) groups excluding carboxylic acids is 1. The van der Waals surface area contributed by atoms with Gasteiger partial charge in [0.05, 0.1) is 23.4 Å². The predicted molar refractivity (Wildman–Crippen MR) is 140 cm³/mol. The fourth-order valence-corrected chi connectivity index (χ4v) is 5.33. The van der Waals surface area contributed by atoms with Gasteiger partial charge in [-0.3, -0.25) is 0 Å². The Balaban J connectivity index is 1.49. The maximum Gasteiger partial charge on any atom is 0.407 e. The summed E-state index contributed by atoms with van der Waals surface area (Å²) in [5.74, 6) is 1.92. The zero-order valence-corrected chi connectivity index (χ0v) is 21.9. The number of fused-ring (bicyclic) bond motifs is 4. The first-order valence-corrected chi connectivity index (χ1v) is 13.4. The topological polar surface area (TPSA) is 113 Å². The number of nitrogens with zero attached hydrogens (tertiary/aromatic N) is 5. The lowest BCUT2D eigenvalue weighted by molar-refractivity contribution is -0.0365. The number of methoxy groups -OCH3 is 1. The highest BCUT2D eigenvalue weighted by Crippen LogP contribution is 2.36. The minimum atomic E-state index is -0.509. The van der Waals surface area contributed by atoms with Crippen molar-refractivity contribution in [2.75, 3.05) is 38.3 Å². The van der Waals surface area contributed by atoms with Gasteiger partial charge in [-0.1, -0.05) is 0 Å². The predicted octanol–water partition coefficient (Wildman–Crippen LogP) is 3.81. The van der Waals surface area contributed by atoms with Crippen LogP contribution in [0.3, 0.4) is 0 Å². The monoisotopic (exact) mass is 522 g/mol. The number of aromatic nitrogens is 4. The van der Waals surface area contributed by atoms with E-state index < -0.39 is 6.09 Å². The van der Waals surface area contributed by atoms with E-state index in [1.807, 2.05) is 35.9 Å². The summed E-state index contributed by atoms with van der Waals surface area (Å²) < 4.78 is 25.3. The minimum absolute atomic E-state index is 0.0457. The van der Waals surface area contributed by atoms with Gasteiger partial charge in [0.25, 0.3) is 0 Å². The van der Waals surface area contributed by atoms with Gasteiger partial charge in [0.15, 0.2) is 18.7 Å². The molecule has 11 heteroatoms. The molecule has 0 spiro atoms. The van der Waals surface area contributed by atoms with Crippen molar-refractivity contribution in [2.24, 2.45) is 0 Å². The Bertz CT molecular complexity index is 1310. The van der Waals surface area contributed by atoms with Crippen molar-refractivity contribution in [1.82, 2.24) is 25.1 Å². The maximum absolute atomic E-state index is 12.3. The molecule has 2 saturated heterocycles. The number of rotatable bonds is 3. The Labute approximate surface area is 221 Å². The lowest BCUT2D eigenvalue weighted by Gasteiger charge is -2.23. The Morgan fingerprint density at radius 3 is 2.87 bits per heavy atom. The van der Waals surface area contributed by atoms with E-state index in [1.165, 1.54) is 0 Å². The van der Waals surface area contributed by atoms with Crippen molar-refractivity contribution >= 4 is 22.8 Å². The van der Waals surface area contributed by atoms with Crippen molar-refractivity contribution < 1.29 is 23.7 Å². The molecule has 3 atom stereocenters. The molecule has 5 heterocycles. The summed E-state index contributed by atoms with van der Waals surface area (Å²) in [6, 6.07) is 8.00. The lowest BCUT2D eigenvalue weighted by atomic mass is 10.1. The summed E-state index contributed by atoms with van der Waals surface area (Å²) >= 11 is 0. The summed E-state index contributed by atoms with van der Waals surface area (Å²) in [5.41, 5.74) is 2.35. The number of anilines is 1. The number of cyclic esters (lactones) is 1. The van der Waals surface area contributed by atoms with Crippen LogP contribution in [-0.4, -0.2) is 71.4 Å². The quantitative estimate of drug-likeness (QED) is 0.548. The lowest BCUT2D eigenvalue weighted by Crippen LogP contribution is -2.29. The molecule has 1 N–H and O–H groups in total. The highest BCUT2D eigenvalue weighted by molar-refractivity contribution is 5.94. The molecule has 1 aromatic carbocycles. The van der Waals surface area contributed by atoms with E-state index in [0.29, 0.717) is 24.5 Å². The third kappa shape index (κ3) is 5.12. The molecule has 3 aliphatic rings. The molecular weight excluding hydrogens is 488 g/mol. The highest BCUT2D eigenvalue weighted by atomic mass is 16.5. The van der Waals surface area contributed by atoms with Crippen molar-refractivity contribution in [3.63, 3.8) is 0 Å². The van der Waals surface area contributed by atoms with Crippen LogP contribution in [0.15, 0.2) is 24.3 Å². The fraction of sp³-hybridized carbons (Fsp3) is 0.556. The van der Waals surface area contributed by atoms with Crippen LogP contribution in [-0.2, 0) is 20.8 Å². The molecule has 0 radical (unpaired) electrons. The van der Waals surface area contributed by atoms with Crippen LogP contribution in [0.25, 0.3) is 22.3 Å². The SMILES string of the molecule is CO[C@@H]1CCN(c2cc3nc(n2)COC(=O)NCC[C@@H](C)Oc2ccc4c(c2)c-3nn4C2CCCCO2)C1. The molecular formula is C27H34N6O5. The first-order valence-electron chi connectivity index (χ1n) is 13.4. The first-order chi connectivity index (χ1) is 18.6. The summed E-state index contributed by atoms with van der Waals surface area (Å²) in [4.78, 5) is 24.1. The molecule has 4 bridgehead atoms. The Hall–Kier alpha value is -3.44. The second-order valence-corrected chi connectivity index (χ2v) is 10.1. The molecule has 1 amide bonds. The van der Waals surface area contributed by atoms with Gasteiger partial charge in [-0.2, -0.15) is 5.10 Å². The molecule has 3 aliphatic heterocycles. The highest BCUT2D eigenvalue weighted by Gasteiger charge is 2.27. The zero-order chi connectivity index (χ0) is 26.1. The molecule has 0 aliphatic carbocycles. The number of hydrogen-bond donors (Lipinski definition) is 1. The normalized spacial score (nSPS) is 24.4. The fourth-order valence-electron chi connectivity index (χ4n) is 5.33. The van der Waals surface area contributed by atoms with Gasteiger partial charge in [0.1, 0.15) is 17.3 Å². The second kappa shape index (κ2) is 10.7. The van der Waals surface area contributed by atoms with E-state index in [9.17, 15) is 4.79 Å². The van der Waals surface area contributed by atoms with Gasteiger partial charge >= 0.3 is 6.09 Å². The summed E-state index contributed by atoms with van der Waals surface area (Å²) in [6.07, 6.45) is 4.01. The molecule has 1 unspecified atom stereocenters. The molecule has 0 saturated carbocycles. The number of alkyl carbamates (subject to hydrolysis) is 1. The van der Waals surface area contributed by atoms with Crippen molar-refractivity contribution in [3.8, 4) is 17.1 Å². The van der Waals surface area contributed by atoms with Gasteiger partial charge < -0.3 is 29.2 Å². The molecule has 2 fully saturated rings. The van der Waals surface area contributed by atoms with Crippen LogP contribution in [0.2, 0.25) is 0 Å². The maximum atomic E-state index is 12.3. The van der Waals surface area contributed by atoms with E-state index in [1.54, 1.807) is 7.11 Å². The summed E-state index contributed by atoms with van der Waals surface area (Å²) in [7, 11) is 1.73. The second-order valence-electron chi connectivity index (χ2n) is 10.1. The van der Waals surface area contributed by atoms with Gasteiger partial charge in [0, 0.05) is 51.2 Å². The molecule has 3 aromatic rings. The van der Waals surface area contributed by atoms with E-state index >= 15 is 0 Å². The van der Waals surface area contributed by atoms with Crippen molar-refractivity contribution in [1.29, 1.82) is 0 Å². The third-order valence-electron chi connectivity index (χ3n) is 7.40. The largest absolute Gasteiger partial charge is 0.491 e. The van der Waals surface area contributed by atoms with Crippen LogP contribution in [0.4, 0.5) is 10.6 Å². The number of amides is 1. The Morgan fingerprint density at radius 2 is 2.05 bits per heavy atom. The van der Waals surface area contributed by atoms with E-state index in [4.69, 9.17) is 34.0 Å². The average Bonchev–Trinajstić information content (AvgIpc) is 3.57. The molecule has 11 nitrogen and oxygen atoms in total. The Kier molecular flexibility index (Phi) is 7.03. The smallest absolute Gasteiger partial charge is 0.407 e.